The Labute approximate surface area is 120 Å². The molecule has 3 heteroatoms. The lowest BCUT2D eigenvalue weighted by atomic mass is 9.97. The lowest BCUT2D eigenvalue weighted by Gasteiger charge is -2.14. The van der Waals surface area contributed by atoms with Crippen LogP contribution < -0.4 is 0 Å². The van der Waals surface area contributed by atoms with Crippen LogP contribution in [-0.2, 0) is 12.8 Å². The van der Waals surface area contributed by atoms with Gasteiger partial charge in [-0.3, -0.25) is 4.98 Å². The molecule has 0 saturated carbocycles. The second-order valence-corrected chi connectivity index (χ2v) is 6.17. The zero-order valence-electron chi connectivity index (χ0n) is 9.81. The van der Waals surface area contributed by atoms with Gasteiger partial charge < -0.3 is 0 Å². The molecule has 0 saturated heterocycles. The molecule has 2 aromatic rings. The highest BCUT2D eigenvalue weighted by atomic mass is 79.9. The number of aromatic nitrogens is 1. The Kier molecular flexibility index (Phi) is 3.40. The van der Waals surface area contributed by atoms with Crippen molar-refractivity contribution in [3.05, 3.63) is 63.9 Å². The molecule has 3 rings (SSSR count). The van der Waals surface area contributed by atoms with Gasteiger partial charge >= 0.3 is 0 Å². The van der Waals surface area contributed by atoms with E-state index < -0.39 is 0 Å². The van der Waals surface area contributed by atoms with Crippen LogP contribution in [0.1, 0.15) is 22.1 Å². The van der Waals surface area contributed by atoms with E-state index >= 15 is 0 Å². The number of pyridine rings is 1. The van der Waals surface area contributed by atoms with Crippen molar-refractivity contribution in [2.45, 2.75) is 18.2 Å². The van der Waals surface area contributed by atoms with Gasteiger partial charge in [-0.15, -0.1) is 11.6 Å². The van der Waals surface area contributed by atoms with E-state index in [9.17, 15) is 0 Å². The summed E-state index contributed by atoms with van der Waals surface area (Å²) in [4.78, 5) is 4.21. The highest BCUT2D eigenvalue weighted by Gasteiger charge is 2.30. The lowest BCUT2D eigenvalue weighted by Crippen LogP contribution is -2.07. The summed E-state index contributed by atoms with van der Waals surface area (Å²) < 4.78 is 1.03. The maximum absolute atomic E-state index is 6.57. The summed E-state index contributed by atoms with van der Waals surface area (Å²) in [5, 5.41) is 0.125. The fourth-order valence-corrected chi connectivity index (χ4v) is 3.48. The predicted molar refractivity (Wildman–Crippen MR) is 77.9 cm³/mol. The van der Waals surface area contributed by atoms with Crippen LogP contribution in [0.3, 0.4) is 0 Å². The Morgan fingerprint density at radius 2 is 2.11 bits per heavy atom. The van der Waals surface area contributed by atoms with Gasteiger partial charge in [-0.1, -0.05) is 24.3 Å². The number of nitrogens with zero attached hydrogens (tertiary/aromatic N) is 1. The second kappa shape index (κ2) is 5.02. The molecule has 1 nitrogen and oxygen atoms in total. The molecule has 92 valence electrons. The summed E-state index contributed by atoms with van der Waals surface area (Å²) in [6.07, 6.45) is 5.79. The highest BCUT2D eigenvalue weighted by Crippen LogP contribution is 2.42. The van der Waals surface area contributed by atoms with Crippen molar-refractivity contribution >= 4 is 27.5 Å². The second-order valence-electron chi connectivity index (χ2n) is 4.78. The monoisotopic (exact) mass is 321 g/mol. The van der Waals surface area contributed by atoms with Crippen LogP contribution in [0.2, 0.25) is 0 Å². The number of hydrogen-bond donors (Lipinski definition) is 0. The number of alkyl halides is 1. The van der Waals surface area contributed by atoms with Crippen LogP contribution >= 0.6 is 27.5 Å². The molecule has 0 fully saturated rings. The summed E-state index contributed by atoms with van der Waals surface area (Å²) in [7, 11) is 0. The van der Waals surface area contributed by atoms with Crippen molar-refractivity contribution in [1.82, 2.24) is 4.98 Å². The first kappa shape index (κ1) is 12.2. The minimum Gasteiger partial charge on any atom is -0.263 e. The van der Waals surface area contributed by atoms with Gasteiger partial charge in [0.2, 0.25) is 0 Å². The first-order valence-electron chi connectivity index (χ1n) is 6.05. The van der Waals surface area contributed by atoms with E-state index in [-0.39, 0.29) is 5.38 Å². The minimum atomic E-state index is 0.125. The van der Waals surface area contributed by atoms with E-state index in [1.807, 2.05) is 12.4 Å². The molecule has 1 aliphatic rings. The molecule has 0 radical (unpaired) electrons. The van der Waals surface area contributed by atoms with E-state index in [1.54, 1.807) is 0 Å². The fraction of sp³-hybridized carbons (Fsp3) is 0.267. The lowest BCUT2D eigenvalue weighted by molar-refractivity contribution is 0.542. The van der Waals surface area contributed by atoms with Crippen molar-refractivity contribution in [3.63, 3.8) is 0 Å². The molecule has 0 amide bonds. The van der Waals surface area contributed by atoms with Crippen LogP contribution in [0, 0.1) is 5.92 Å². The quantitative estimate of drug-likeness (QED) is 0.740. The zero-order valence-corrected chi connectivity index (χ0v) is 12.2. The molecule has 0 aliphatic heterocycles. The average Bonchev–Trinajstić information content (AvgIpc) is 2.67. The Bertz CT molecular complexity index is 570. The molecule has 0 bridgehead atoms. The van der Waals surface area contributed by atoms with Gasteiger partial charge in [-0.2, -0.15) is 0 Å². The van der Waals surface area contributed by atoms with Gasteiger partial charge in [-0.05, 0) is 57.4 Å². The van der Waals surface area contributed by atoms with Gasteiger partial charge in [0, 0.05) is 16.9 Å². The third-order valence-corrected chi connectivity index (χ3v) is 4.53. The third-order valence-electron chi connectivity index (χ3n) is 3.51. The summed E-state index contributed by atoms with van der Waals surface area (Å²) in [5.41, 5.74) is 3.94. The van der Waals surface area contributed by atoms with E-state index in [4.69, 9.17) is 11.6 Å². The van der Waals surface area contributed by atoms with E-state index in [0.29, 0.717) is 5.92 Å². The largest absolute Gasteiger partial charge is 0.263 e. The van der Waals surface area contributed by atoms with E-state index in [2.05, 4.69) is 51.2 Å². The Morgan fingerprint density at radius 3 is 2.89 bits per heavy atom. The van der Waals surface area contributed by atoms with Crippen molar-refractivity contribution < 1.29 is 0 Å². The van der Waals surface area contributed by atoms with Gasteiger partial charge in [0.15, 0.2) is 0 Å². The van der Waals surface area contributed by atoms with E-state index in [0.717, 1.165) is 17.3 Å². The maximum atomic E-state index is 6.57. The molecular weight excluding hydrogens is 310 g/mol. The van der Waals surface area contributed by atoms with Crippen LogP contribution in [0.25, 0.3) is 0 Å². The summed E-state index contributed by atoms with van der Waals surface area (Å²) >= 11 is 10.0. The third kappa shape index (κ3) is 2.32. The predicted octanol–water partition coefficient (Wildman–Crippen LogP) is 4.54. The number of benzene rings is 1. The molecule has 1 heterocycles. The first-order valence-corrected chi connectivity index (χ1v) is 7.28. The maximum Gasteiger partial charge on any atom is 0.0622 e. The molecule has 18 heavy (non-hydrogen) atoms. The van der Waals surface area contributed by atoms with Crippen molar-refractivity contribution in [1.29, 1.82) is 0 Å². The Morgan fingerprint density at radius 1 is 1.28 bits per heavy atom. The van der Waals surface area contributed by atoms with E-state index in [1.165, 1.54) is 16.7 Å². The van der Waals surface area contributed by atoms with Crippen LogP contribution in [0.5, 0.6) is 0 Å². The summed E-state index contributed by atoms with van der Waals surface area (Å²) in [6, 6.07) is 10.6. The molecule has 1 aromatic carbocycles. The van der Waals surface area contributed by atoms with Crippen molar-refractivity contribution in [2.75, 3.05) is 0 Å². The van der Waals surface area contributed by atoms with Gasteiger partial charge in [-0.25, -0.2) is 0 Å². The molecule has 1 aliphatic carbocycles. The summed E-state index contributed by atoms with van der Waals surface area (Å²) in [6.45, 7) is 0. The molecular formula is C15H13BrClN. The van der Waals surface area contributed by atoms with Crippen LogP contribution in [0.15, 0.2) is 47.2 Å². The number of halogens is 2. The van der Waals surface area contributed by atoms with Crippen LogP contribution in [0.4, 0.5) is 0 Å². The topological polar surface area (TPSA) is 12.9 Å². The fourth-order valence-electron chi connectivity index (χ4n) is 2.67. The van der Waals surface area contributed by atoms with Crippen LogP contribution in [-0.4, -0.2) is 4.98 Å². The number of fused-ring (bicyclic) bond motifs is 1. The zero-order chi connectivity index (χ0) is 12.5. The van der Waals surface area contributed by atoms with Crippen molar-refractivity contribution in [2.24, 2.45) is 5.92 Å². The van der Waals surface area contributed by atoms with Gasteiger partial charge in [0.05, 0.1) is 5.38 Å². The normalized spacial score (nSPS) is 21.9. The molecule has 2 atom stereocenters. The average molecular weight is 323 g/mol. The van der Waals surface area contributed by atoms with Crippen molar-refractivity contribution in [3.8, 4) is 0 Å². The molecule has 0 N–H and O–H groups in total. The summed E-state index contributed by atoms with van der Waals surface area (Å²) in [5.74, 6) is 0.472. The molecule has 1 aromatic heterocycles. The SMILES string of the molecule is ClC1c2ccccc2CC1Cc1cncc(Br)c1. The minimum absolute atomic E-state index is 0.125. The molecule has 0 spiro atoms. The number of rotatable bonds is 2. The Hall–Kier alpha value is -0.860. The molecule has 2 unspecified atom stereocenters. The smallest absolute Gasteiger partial charge is 0.0622 e. The van der Waals surface area contributed by atoms with Gasteiger partial charge in [0.1, 0.15) is 0 Å². The standard InChI is InChI=1S/C15H13BrClN/c16-13-6-10(8-18-9-13)5-12-7-11-3-1-2-4-14(11)15(12)17/h1-4,6,8-9,12,15H,5,7H2. The first-order chi connectivity index (χ1) is 8.74. The number of hydrogen-bond acceptors (Lipinski definition) is 1. The highest BCUT2D eigenvalue weighted by molar-refractivity contribution is 9.10. The Balaban J connectivity index is 1.81. The van der Waals surface area contributed by atoms with Gasteiger partial charge in [0.25, 0.3) is 0 Å².